The number of aryl methyl sites for hydroxylation is 2. The highest BCUT2D eigenvalue weighted by atomic mass is 16.2. The zero-order valence-electron chi connectivity index (χ0n) is 12.6. The standard InChI is InChI=1S/C14H17N7O/c1-9-8-13-15-6-5-12(21(13)19-9)18-14(22)17-10(2)11-4-7-16-20(11)3/h4-8,10H,1-3H3,(H2,17,18,22)/t10-/m0/s1. The lowest BCUT2D eigenvalue weighted by Gasteiger charge is -2.15. The molecule has 8 heteroatoms. The van der Waals surface area contributed by atoms with E-state index in [0.717, 1.165) is 11.4 Å². The molecular weight excluding hydrogens is 282 g/mol. The maximum Gasteiger partial charge on any atom is 0.320 e. The van der Waals surface area contributed by atoms with Crippen molar-refractivity contribution in [1.29, 1.82) is 0 Å². The topological polar surface area (TPSA) is 89.1 Å². The predicted octanol–water partition coefficient (Wildman–Crippen LogP) is 1.65. The zero-order chi connectivity index (χ0) is 15.7. The van der Waals surface area contributed by atoms with Crippen LogP contribution in [0.2, 0.25) is 0 Å². The van der Waals surface area contributed by atoms with Gasteiger partial charge in [-0.2, -0.15) is 14.7 Å². The van der Waals surface area contributed by atoms with E-state index in [0.29, 0.717) is 11.5 Å². The lowest BCUT2D eigenvalue weighted by molar-refractivity contribution is 0.249. The molecule has 0 aliphatic heterocycles. The van der Waals surface area contributed by atoms with Gasteiger partial charge in [0.1, 0.15) is 5.82 Å². The van der Waals surface area contributed by atoms with Gasteiger partial charge in [-0.3, -0.25) is 10.00 Å². The van der Waals surface area contributed by atoms with E-state index in [1.807, 2.05) is 33.0 Å². The average Bonchev–Trinajstić information content (AvgIpc) is 3.04. The van der Waals surface area contributed by atoms with Gasteiger partial charge in [0.25, 0.3) is 0 Å². The molecule has 2 amide bonds. The normalized spacial score (nSPS) is 12.3. The Morgan fingerprint density at radius 3 is 2.86 bits per heavy atom. The van der Waals surface area contributed by atoms with Crippen molar-refractivity contribution in [2.75, 3.05) is 5.32 Å². The number of nitrogens with zero attached hydrogens (tertiary/aromatic N) is 5. The third-order valence-corrected chi connectivity index (χ3v) is 3.37. The molecule has 1 atom stereocenters. The van der Waals surface area contributed by atoms with Gasteiger partial charge in [-0.1, -0.05) is 0 Å². The second-order valence-electron chi connectivity index (χ2n) is 5.09. The van der Waals surface area contributed by atoms with Crippen molar-refractivity contribution < 1.29 is 4.79 Å². The van der Waals surface area contributed by atoms with E-state index < -0.39 is 0 Å². The first-order valence-corrected chi connectivity index (χ1v) is 6.91. The fraction of sp³-hybridized carbons (Fsp3) is 0.286. The van der Waals surface area contributed by atoms with E-state index >= 15 is 0 Å². The van der Waals surface area contributed by atoms with Gasteiger partial charge in [0.15, 0.2) is 5.65 Å². The summed E-state index contributed by atoms with van der Waals surface area (Å²) in [4.78, 5) is 16.4. The van der Waals surface area contributed by atoms with Crippen LogP contribution >= 0.6 is 0 Å². The van der Waals surface area contributed by atoms with Gasteiger partial charge in [0, 0.05) is 25.5 Å². The van der Waals surface area contributed by atoms with E-state index in [9.17, 15) is 4.79 Å². The Morgan fingerprint density at radius 2 is 2.14 bits per heavy atom. The Labute approximate surface area is 127 Å². The number of nitrogens with one attached hydrogen (secondary N) is 2. The molecule has 0 bridgehead atoms. The molecular formula is C14H17N7O. The van der Waals surface area contributed by atoms with Gasteiger partial charge in [-0.25, -0.2) is 9.78 Å². The van der Waals surface area contributed by atoms with Crippen molar-refractivity contribution in [3.05, 3.63) is 42.0 Å². The van der Waals surface area contributed by atoms with Crippen LogP contribution in [0, 0.1) is 6.92 Å². The summed E-state index contributed by atoms with van der Waals surface area (Å²) < 4.78 is 3.33. The second kappa shape index (κ2) is 5.47. The van der Waals surface area contributed by atoms with Crippen molar-refractivity contribution >= 4 is 17.5 Å². The molecule has 22 heavy (non-hydrogen) atoms. The molecule has 0 saturated carbocycles. The molecule has 3 rings (SSSR count). The molecule has 0 aromatic carbocycles. The number of urea groups is 1. The van der Waals surface area contributed by atoms with Crippen LogP contribution in [-0.2, 0) is 7.05 Å². The Balaban J connectivity index is 1.75. The lowest BCUT2D eigenvalue weighted by atomic mass is 10.2. The highest BCUT2D eigenvalue weighted by Crippen LogP contribution is 2.13. The average molecular weight is 299 g/mol. The quantitative estimate of drug-likeness (QED) is 0.769. The van der Waals surface area contributed by atoms with Crippen molar-refractivity contribution in [3.8, 4) is 0 Å². The van der Waals surface area contributed by atoms with E-state index in [1.165, 1.54) is 0 Å². The van der Waals surface area contributed by atoms with Crippen LogP contribution in [0.1, 0.15) is 24.4 Å². The fourth-order valence-corrected chi connectivity index (χ4v) is 2.34. The molecule has 0 spiro atoms. The minimum absolute atomic E-state index is 0.163. The monoisotopic (exact) mass is 299 g/mol. The summed E-state index contributed by atoms with van der Waals surface area (Å²) >= 11 is 0. The van der Waals surface area contributed by atoms with Crippen LogP contribution in [0.4, 0.5) is 10.6 Å². The fourth-order valence-electron chi connectivity index (χ4n) is 2.34. The molecule has 3 heterocycles. The summed E-state index contributed by atoms with van der Waals surface area (Å²) in [5, 5.41) is 14.1. The van der Waals surface area contributed by atoms with Gasteiger partial charge in [-0.05, 0) is 26.0 Å². The van der Waals surface area contributed by atoms with Crippen LogP contribution in [0.25, 0.3) is 5.65 Å². The third kappa shape index (κ3) is 2.62. The molecule has 3 aromatic rings. The second-order valence-corrected chi connectivity index (χ2v) is 5.09. The minimum Gasteiger partial charge on any atom is -0.330 e. The summed E-state index contributed by atoms with van der Waals surface area (Å²) in [6, 6.07) is 4.94. The number of carbonyl (C=O) groups excluding carboxylic acids is 1. The summed E-state index contributed by atoms with van der Waals surface area (Å²) in [6.07, 6.45) is 3.33. The SMILES string of the molecule is Cc1cc2nccc(NC(=O)N[C@@H](C)c3ccnn3C)n2n1. The van der Waals surface area contributed by atoms with Gasteiger partial charge in [-0.15, -0.1) is 0 Å². The predicted molar refractivity (Wildman–Crippen MR) is 81.5 cm³/mol. The van der Waals surface area contributed by atoms with Crippen LogP contribution in [0.3, 0.4) is 0 Å². The van der Waals surface area contributed by atoms with Crippen molar-refractivity contribution in [2.24, 2.45) is 7.05 Å². The molecule has 0 aliphatic rings. The van der Waals surface area contributed by atoms with Gasteiger partial charge >= 0.3 is 6.03 Å². The largest absolute Gasteiger partial charge is 0.330 e. The number of fused-ring (bicyclic) bond motifs is 1. The lowest BCUT2D eigenvalue weighted by Crippen LogP contribution is -2.32. The number of rotatable bonds is 3. The maximum absolute atomic E-state index is 12.2. The summed E-state index contributed by atoms with van der Waals surface area (Å²) in [6.45, 7) is 3.78. The van der Waals surface area contributed by atoms with Gasteiger partial charge in [0.2, 0.25) is 0 Å². The minimum atomic E-state index is -0.311. The number of carbonyl (C=O) groups is 1. The van der Waals surface area contributed by atoms with Crippen LogP contribution in [0.15, 0.2) is 30.6 Å². The first-order chi connectivity index (χ1) is 10.5. The van der Waals surface area contributed by atoms with E-state index in [1.54, 1.807) is 27.7 Å². The van der Waals surface area contributed by atoms with E-state index in [4.69, 9.17) is 0 Å². The molecule has 114 valence electrons. The van der Waals surface area contributed by atoms with Crippen LogP contribution in [-0.4, -0.2) is 30.4 Å². The van der Waals surface area contributed by atoms with E-state index in [2.05, 4.69) is 25.8 Å². The van der Waals surface area contributed by atoms with Crippen molar-refractivity contribution in [1.82, 2.24) is 29.7 Å². The van der Waals surface area contributed by atoms with Gasteiger partial charge in [0.05, 0.1) is 17.4 Å². The summed E-state index contributed by atoms with van der Waals surface area (Å²) in [5.41, 5.74) is 2.45. The Morgan fingerprint density at radius 1 is 1.32 bits per heavy atom. The third-order valence-electron chi connectivity index (χ3n) is 3.37. The highest BCUT2D eigenvalue weighted by Gasteiger charge is 2.14. The number of hydrogen-bond acceptors (Lipinski definition) is 4. The van der Waals surface area contributed by atoms with Crippen molar-refractivity contribution in [2.45, 2.75) is 19.9 Å². The number of aromatic nitrogens is 5. The van der Waals surface area contributed by atoms with E-state index in [-0.39, 0.29) is 12.1 Å². The highest BCUT2D eigenvalue weighted by molar-refractivity contribution is 5.88. The van der Waals surface area contributed by atoms with Crippen LogP contribution < -0.4 is 10.6 Å². The first-order valence-electron chi connectivity index (χ1n) is 6.91. The smallest absolute Gasteiger partial charge is 0.320 e. The molecule has 8 nitrogen and oxygen atoms in total. The molecule has 0 aliphatic carbocycles. The first kappa shape index (κ1) is 14.1. The zero-order valence-corrected chi connectivity index (χ0v) is 12.6. The number of amides is 2. The van der Waals surface area contributed by atoms with Gasteiger partial charge < -0.3 is 5.32 Å². The molecule has 0 saturated heterocycles. The summed E-state index contributed by atoms with van der Waals surface area (Å²) in [7, 11) is 1.84. The maximum atomic E-state index is 12.2. The van der Waals surface area contributed by atoms with Crippen LogP contribution in [0.5, 0.6) is 0 Å². The Bertz CT molecular complexity index is 820. The molecule has 0 radical (unpaired) electrons. The van der Waals surface area contributed by atoms with Crippen molar-refractivity contribution in [3.63, 3.8) is 0 Å². The molecule has 2 N–H and O–H groups in total. The molecule has 3 aromatic heterocycles. The number of anilines is 1. The molecule has 0 fully saturated rings. The number of hydrogen-bond donors (Lipinski definition) is 2. The Hall–Kier alpha value is -2.90. The Kier molecular flexibility index (Phi) is 3.50. The molecule has 0 unspecified atom stereocenters. The summed E-state index contributed by atoms with van der Waals surface area (Å²) in [5.74, 6) is 0.563.